The maximum Gasteiger partial charge on any atom is 0.328 e. The second kappa shape index (κ2) is 7.70. The summed E-state index contributed by atoms with van der Waals surface area (Å²) in [6.07, 6.45) is 0.0430. The van der Waals surface area contributed by atoms with Crippen molar-refractivity contribution in [2.24, 2.45) is 11.5 Å². The van der Waals surface area contributed by atoms with Crippen molar-refractivity contribution in [1.29, 1.82) is 0 Å². The van der Waals surface area contributed by atoms with E-state index < -0.39 is 42.6 Å². The number of nitrogens with zero attached hydrogens (tertiary/aromatic N) is 2. The van der Waals surface area contributed by atoms with Crippen molar-refractivity contribution in [2.45, 2.75) is 31.0 Å². The van der Waals surface area contributed by atoms with Crippen LogP contribution in [0.5, 0.6) is 0 Å². The number of rotatable bonds is 7. The number of nitrogens with one attached hydrogen (secondary N) is 2. The van der Waals surface area contributed by atoms with Crippen LogP contribution in [0.3, 0.4) is 0 Å². The van der Waals surface area contributed by atoms with Crippen LogP contribution in [-0.4, -0.2) is 52.4 Å². The van der Waals surface area contributed by atoms with Crippen LogP contribution in [0.15, 0.2) is 4.52 Å². The van der Waals surface area contributed by atoms with E-state index in [0.717, 1.165) is 0 Å². The number of aliphatic hydroxyl groups is 1. The molecule has 1 fully saturated rings. The molecule has 3 atom stereocenters. The second-order valence-electron chi connectivity index (χ2n) is 5.13. The van der Waals surface area contributed by atoms with E-state index in [1.807, 2.05) is 0 Å². The molecule has 0 saturated carbocycles. The Morgan fingerprint density at radius 2 is 2.21 bits per heavy atom. The molecule has 1 aromatic rings. The predicted molar refractivity (Wildman–Crippen MR) is 75.9 cm³/mol. The molecule has 2 heterocycles. The van der Waals surface area contributed by atoms with E-state index in [1.165, 1.54) is 0 Å². The van der Waals surface area contributed by atoms with Gasteiger partial charge in [-0.1, -0.05) is 5.16 Å². The van der Waals surface area contributed by atoms with Crippen molar-refractivity contribution in [3.8, 4) is 0 Å². The SMILES string of the molecule is NC(=O)CC(NC(=O)NC1CCOC1=O)c1nc([C@@H](N)CO)no1. The van der Waals surface area contributed by atoms with Gasteiger partial charge in [-0.3, -0.25) is 4.79 Å². The predicted octanol–water partition coefficient (Wildman–Crippen LogP) is -2.41. The van der Waals surface area contributed by atoms with Gasteiger partial charge in [-0.2, -0.15) is 4.98 Å². The van der Waals surface area contributed by atoms with Crippen LogP contribution in [0.4, 0.5) is 4.79 Å². The normalized spacial score (nSPS) is 19.4. The first-order valence-electron chi connectivity index (χ1n) is 7.12. The van der Waals surface area contributed by atoms with Crippen LogP contribution in [0, 0.1) is 0 Å². The third-order valence-electron chi connectivity index (χ3n) is 3.24. The Hall–Kier alpha value is -2.73. The van der Waals surface area contributed by atoms with Crippen molar-refractivity contribution >= 4 is 17.9 Å². The third-order valence-corrected chi connectivity index (χ3v) is 3.24. The van der Waals surface area contributed by atoms with Crippen LogP contribution >= 0.6 is 0 Å². The molecule has 2 unspecified atom stereocenters. The van der Waals surface area contributed by atoms with E-state index >= 15 is 0 Å². The maximum absolute atomic E-state index is 12.0. The van der Waals surface area contributed by atoms with Gasteiger partial charge in [-0.15, -0.1) is 0 Å². The van der Waals surface area contributed by atoms with Crippen LogP contribution in [-0.2, 0) is 14.3 Å². The molecule has 0 radical (unpaired) electrons. The second-order valence-corrected chi connectivity index (χ2v) is 5.13. The lowest BCUT2D eigenvalue weighted by molar-refractivity contribution is -0.139. The number of ether oxygens (including phenoxy) is 1. The van der Waals surface area contributed by atoms with E-state index in [0.29, 0.717) is 6.42 Å². The Labute approximate surface area is 135 Å². The molecule has 0 bridgehead atoms. The Kier molecular flexibility index (Phi) is 5.65. The number of hydrogen-bond acceptors (Lipinski definition) is 9. The summed E-state index contributed by atoms with van der Waals surface area (Å²) in [5.74, 6) is -1.34. The van der Waals surface area contributed by atoms with Crippen LogP contribution in [0.1, 0.15) is 36.6 Å². The van der Waals surface area contributed by atoms with Gasteiger partial charge >= 0.3 is 12.0 Å². The van der Waals surface area contributed by atoms with Gasteiger partial charge in [-0.25, -0.2) is 9.59 Å². The number of hydrogen-bond donors (Lipinski definition) is 5. The van der Waals surface area contributed by atoms with Crippen molar-refractivity contribution < 1.29 is 28.8 Å². The minimum absolute atomic E-state index is 0.0172. The highest BCUT2D eigenvalue weighted by atomic mass is 16.5. The van der Waals surface area contributed by atoms with E-state index in [9.17, 15) is 14.4 Å². The number of cyclic esters (lactones) is 1. The van der Waals surface area contributed by atoms with Gasteiger partial charge in [0, 0.05) is 6.42 Å². The standard InChI is InChI=1S/C12H18N6O6/c13-5(4-19)9-17-10(24-18-9)7(3-8(14)20)16-12(22)15-6-1-2-23-11(6)21/h5-7,19H,1-4,13H2,(H2,14,20)(H2,15,16,22)/t5-,6?,7?/m0/s1. The van der Waals surface area contributed by atoms with Gasteiger partial charge in [0.2, 0.25) is 11.8 Å². The van der Waals surface area contributed by atoms with E-state index in [-0.39, 0.29) is 24.7 Å². The van der Waals surface area contributed by atoms with E-state index in [4.69, 9.17) is 25.8 Å². The summed E-state index contributed by atoms with van der Waals surface area (Å²) in [4.78, 5) is 38.4. The number of aliphatic hydroxyl groups excluding tert-OH is 1. The fourth-order valence-corrected chi connectivity index (χ4v) is 2.01. The number of carbonyl (C=O) groups excluding carboxylic acids is 3. The largest absolute Gasteiger partial charge is 0.464 e. The fourth-order valence-electron chi connectivity index (χ4n) is 2.01. The lowest BCUT2D eigenvalue weighted by Crippen LogP contribution is -2.46. The molecule has 0 spiro atoms. The highest BCUT2D eigenvalue weighted by molar-refractivity contribution is 5.85. The van der Waals surface area contributed by atoms with Crippen molar-refractivity contribution in [3.63, 3.8) is 0 Å². The van der Waals surface area contributed by atoms with Gasteiger partial charge in [0.05, 0.1) is 25.7 Å². The summed E-state index contributed by atoms with van der Waals surface area (Å²) in [6, 6.07) is -3.36. The molecule has 132 valence electrons. The van der Waals surface area contributed by atoms with Crippen molar-refractivity contribution in [1.82, 2.24) is 20.8 Å². The average Bonchev–Trinajstić information content (AvgIpc) is 3.15. The third kappa shape index (κ3) is 4.39. The minimum Gasteiger partial charge on any atom is -0.464 e. The lowest BCUT2D eigenvalue weighted by Gasteiger charge is -2.15. The number of carbonyl (C=O) groups is 3. The summed E-state index contributed by atoms with van der Waals surface area (Å²) in [7, 11) is 0. The Bertz CT molecular complexity index is 619. The lowest BCUT2D eigenvalue weighted by atomic mass is 10.2. The van der Waals surface area contributed by atoms with Gasteiger partial charge in [-0.05, 0) is 0 Å². The molecular formula is C12H18N6O6. The molecule has 1 aliphatic heterocycles. The molecule has 12 heteroatoms. The maximum atomic E-state index is 12.0. The van der Waals surface area contributed by atoms with Gasteiger partial charge in [0.1, 0.15) is 12.1 Å². The number of esters is 1. The van der Waals surface area contributed by atoms with Gasteiger partial charge in [0.25, 0.3) is 0 Å². The monoisotopic (exact) mass is 342 g/mol. The van der Waals surface area contributed by atoms with E-state index in [1.54, 1.807) is 0 Å². The molecule has 7 N–H and O–H groups in total. The number of primary amides is 1. The molecule has 1 aliphatic rings. The molecule has 0 aromatic carbocycles. The quantitative estimate of drug-likeness (QED) is 0.335. The molecule has 3 amide bonds. The van der Waals surface area contributed by atoms with Gasteiger partial charge in [0.15, 0.2) is 5.82 Å². The fraction of sp³-hybridized carbons (Fsp3) is 0.583. The van der Waals surface area contributed by atoms with Gasteiger partial charge < -0.3 is 36.5 Å². The number of urea groups is 1. The first-order chi connectivity index (χ1) is 11.4. The Balaban J connectivity index is 2.04. The topological polar surface area (TPSA) is 196 Å². The smallest absolute Gasteiger partial charge is 0.328 e. The minimum atomic E-state index is -1.01. The molecule has 24 heavy (non-hydrogen) atoms. The summed E-state index contributed by atoms with van der Waals surface area (Å²) in [6.45, 7) is -0.183. The Morgan fingerprint density at radius 3 is 2.79 bits per heavy atom. The van der Waals surface area contributed by atoms with Crippen LogP contribution in [0.25, 0.3) is 0 Å². The Morgan fingerprint density at radius 1 is 1.46 bits per heavy atom. The average molecular weight is 342 g/mol. The van der Waals surface area contributed by atoms with E-state index in [2.05, 4.69) is 20.8 Å². The number of amides is 3. The zero-order valence-electron chi connectivity index (χ0n) is 12.6. The molecular weight excluding hydrogens is 324 g/mol. The molecule has 0 aliphatic carbocycles. The van der Waals surface area contributed by atoms with Crippen LogP contribution < -0.4 is 22.1 Å². The summed E-state index contributed by atoms with van der Waals surface area (Å²) in [5.41, 5.74) is 10.7. The molecule has 1 saturated heterocycles. The highest BCUT2D eigenvalue weighted by Gasteiger charge is 2.30. The zero-order chi connectivity index (χ0) is 17.7. The molecule has 1 aromatic heterocycles. The zero-order valence-corrected chi connectivity index (χ0v) is 12.6. The van der Waals surface area contributed by atoms with Crippen molar-refractivity contribution in [2.75, 3.05) is 13.2 Å². The molecule has 12 nitrogen and oxygen atoms in total. The molecule has 2 rings (SSSR count). The summed E-state index contributed by atoms with van der Waals surface area (Å²) >= 11 is 0. The number of aromatic nitrogens is 2. The first-order valence-corrected chi connectivity index (χ1v) is 7.12. The highest BCUT2D eigenvalue weighted by Crippen LogP contribution is 2.16. The van der Waals surface area contributed by atoms with Crippen LogP contribution in [0.2, 0.25) is 0 Å². The first kappa shape index (κ1) is 17.6. The van der Waals surface area contributed by atoms with Crippen molar-refractivity contribution in [3.05, 3.63) is 11.7 Å². The number of nitrogens with two attached hydrogens (primary N) is 2. The summed E-state index contributed by atoms with van der Waals surface area (Å²) in [5, 5.41) is 17.4. The summed E-state index contributed by atoms with van der Waals surface area (Å²) < 4.78 is 9.68.